The minimum Gasteiger partial charge on any atom is -0.472 e. The van der Waals surface area contributed by atoms with Crippen LogP contribution in [0.5, 0.6) is 17.4 Å². The molecule has 0 amide bonds. The second kappa shape index (κ2) is 7.07. The van der Waals surface area contributed by atoms with Crippen LogP contribution in [0.15, 0.2) is 53.5 Å². The molecule has 0 saturated heterocycles. The van der Waals surface area contributed by atoms with Crippen LogP contribution in [0.4, 0.5) is 0 Å². The van der Waals surface area contributed by atoms with Crippen molar-refractivity contribution >= 4 is 0 Å². The van der Waals surface area contributed by atoms with E-state index < -0.39 is 0 Å². The summed E-state index contributed by atoms with van der Waals surface area (Å²) in [5.41, 5.74) is 2.94. The van der Waals surface area contributed by atoms with Crippen molar-refractivity contribution in [3.8, 4) is 28.8 Å². The lowest BCUT2D eigenvalue weighted by molar-refractivity contribution is 0.174. The molecular weight excluding hydrogens is 388 g/mol. The molecule has 1 aliphatic heterocycles. The molecule has 2 aromatic carbocycles. The monoisotopic (exact) mass is 406 g/mol. The standard InChI is InChI=1S/C20H18N6O4/c1-13-4-3-5-16(26-20(27)24(2)22-23-26)15(13)11-28-19-8-9-25(21-19)14-6-7-17-18(10-14)30-12-29-17/h3-10H,11-12H2,1-2H3. The predicted octanol–water partition coefficient (Wildman–Crippen LogP) is 1.77. The van der Waals surface area contributed by atoms with E-state index in [1.54, 1.807) is 24.0 Å². The smallest absolute Gasteiger partial charge is 0.368 e. The van der Waals surface area contributed by atoms with Crippen LogP contribution < -0.4 is 19.9 Å². The number of nitrogens with zero attached hydrogens (tertiary/aromatic N) is 6. The van der Waals surface area contributed by atoms with Gasteiger partial charge in [0.15, 0.2) is 11.5 Å². The summed E-state index contributed by atoms with van der Waals surface area (Å²) in [7, 11) is 1.56. The first-order valence-corrected chi connectivity index (χ1v) is 9.26. The zero-order valence-corrected chi connectivity index (χ0v) is 16.3. The Kier molecular flexibility index (Phi) is 4.24. The summed E-state index contributed by atoms with van der Waals surface area (Å²) in [6, 6.07) is 13.0. The van der Waals surface area contributed by atoms with E-state index >= 15 is 0 Å². The SMILES string of the molecule is Cc1cccc(-n2nnn(C)c2=O)c1COc1ccn(-c2ccc3c(c2)OCO3)n1. The highest BCUT2D eigenvalue weighted by molar-refractivity contribution is 5.50. The van der Waals surface area contributed by atoms with Crippen LogP contribution >= 0.6 is 0 Å². The number of benzene rings is 2. The number of aromatic nitrogens is 6. The van der Waals surface area contributed by atoms with Gasteiger partial charge in [0, 0.05) is 30.9 Å². The van der Waals surface area contributed by atoms with Crippen LogP contribution in [0.25, 0.3) is 11.4 Å². The van der Waals surface area contributed by atoms with Crippen molar-refractivity contribution in [2.45, 2.75) is 13.5 Å². The average Bonchev–Trinajstić information content (AvgIpc) is 3.48. The molecule has 4 aromatic rings. The summed E-state index contributed by atoms with van der Waals surface area (Å²) in [4.78, 5) is 12.3. The molecule has 0 unspecified atom stereocenters. The van der Waals surface area contributed by atoms with E-state index in [4.69, 9.17) is 14.2 Å². The van der Waals surface area contributed by atoms with Gasteiger partial charge < -0.3 is 14.2 Å². The number of tetrazole rings is 1. The molecule has 152 valence electrons. The van der Waals surface area contributed by atoms with E-state index in [2.05, 4.69) is 15.5 Å². The summed E-state index contributed by atoms with van der Waals surface area (Å²) in [5.74, 6) is 1.85. The molecule has 0 N–H and O–H groups in total. The van der Waals surface area contributed by atoms with Crippen LogP contribution in [0.1, 0.15) is 11.1 Å². The molecule has 5 rings (SSSR count). The molecule has 10 nitrogen and oxygen atoms in total. The molecule has 3 heterocycles. The first-order valence-electron chi connectivity index (χ1n) is 9.26. The predicted molar refractivity (Wildman–Crippen MR) is 105 cm³/mol. The Morgan fingerprint density at radius 2 is 1.97 bits per heavy atom. The summed E-state index contributed by atoms with van der Waals surface area (Å²) in [6.07, 6.45) is 1.80. The van der Waals surface area contributed by atoms with Crippen molar-refractivity contribution in [2.24, 2.45) is 7.05 Å². The topological polar surface area (TPSA) is 98.2 Å². The highest BCUT2D eigenvalue weighted by Crippen LogP contribution is 2.33. The lowest BCUT2D eigenvalue weighted by atomic mass is 10.1. The number of hydrogen-bond acceptors (Lipinski definition) is 7. The maximum atomic E-state index is 12.3. The normalized spacial score (nSPS) is 12.3. The Morgan fingerprint density at radius 3 is 2.80 bits per heavy atom. The molecule has 0 aliphatic carbocycles. The molecule has 0 spiro atoms. The minimum atomic E-state index is -0.325. The van der Waals surface area contributed by atoms with E-state index in [1.807, 2.05) is 43.3 Å². The largest absolute Gasteiger partial charge is 0.472 e. The Labute approximate surface area is 170 Å². The second-order valence-corrected chi connectivity index (χ2v) is 6.79. The molecule has 0 bridgehead atoms. The minimum absolute atomic E-state index is 0.222. The Hall–Kier alpha value is -4.08. The molecule has 10 heteroatoms. The van der Waals surface area contributed by atoms with E-state index in [9.17, 15) is 4.79 Å². The van der Waals surface area contributed by atoms with Gasteiger partial charge in [0.05, 0.1) is 11.4 Å². The second-order valence-electron chi connectivity index (χ2n) is 6.79. The highest BCUT2D eigenvalue weighted by atomic mass is 16.7. The Balaban J connectivity index is 1.39. The fraction of sp³-hybridized carbons (Fsp3) is 0.200. The van der Waals surface area contributed by atoms with Gasteiger partial charge in [0.25, 0.3) is 0 Å². The average molecular weight is 406 g/mol. The van der Waals surface area contributed by atoms with E-state index in [1.165, 1.54) is 9.36 Å². The van der Waals surface area contributed by atoms with Crippen molar-refractivity contribution in [3.05, 3.63) is 70.3 Å². The van der Waals surface area contributed by atoms with Crippen molar-refractivity contribution in [3.63, 3.8) is 0 Å². The van der Waals surface area contributed by atoms with Gasteiger partial charge in [0.1, 0.15) is 6.61 Å². The number of ether oxygens (including phenoxy) is 3. The van der Waals surface area contributed by atoms with Gasteiger partial charge in [-0.2, -0.15) is 9.36 Å². The van der Waals surface area contributed by atoms with Crippen molar-refractivity contribution in [1.82, 2.24) is 29.6 Å². The molecule has 0 saturated carbocycles. The number of fused-ring (bicyclic) bond motifs is 1. The molecule has 30 heavy (non-hydrogen) atoms. The van der Waals surface area contributed by atoms with Gasteiger partial charge in [-0.1, -0.05) is 12.1 Å². The third kappa shape index (κ3) is 3.08. The Morgan fingerprint density at radius 1 is 1.10 bits per heavy atom. The van der Waals surface area contributed by atoms with Crippen LogP contribution in [0, 0.1) is 6.92 Å². The van der Waals surface area contributed by atoms with Gasteiger partial charge in [-0.05, 0) is 41.1 Å². The van der Waals surface area contributed by atoms with E-state index in [0.29, 0.717) is 23.1 Å². The van der Waals surface area contributed by atoms with Crippen LogP contribution in [-0.4, -0.2) is 36.4 Å². The van der Waals surface area contributed by atoms with Gasteiger partial charge in [-0.15, -0.1) is 5.10 Å². The summed E-state index contributed by atoms with van der Waals surface area (Å²) in [5, 5.41) is 12.2. The van der Waals surface area contributed by atoms with Crippen molar-refractivity contribution in [1.29, 1.82) is 0 Å². The lowest BCUT2D eigenvalue weighted by Crippen LogP contribution is -2.23. The van der Waals surface area contributed by atoms with Crippen LogP contribution in [0.2, 0.25) is 0 Å². The van der Waals surface area contributed by atoms with Gasteiger partial charge in [0.2, 0.25) is 12.7 Å². The summed E-state index contributed by atoms with van der Waals surface area (Å²) >= 11 is 0. The maximum absolute atomic E-state index is 12.3. The van der Waals surface area contributed by atoms with E-state index in [0.717, 1.165) is 16.8 Å². The fourth-order valence-corrected chi connectivity index (χ4v) is 3.24. The first-order chi connectivity index (χ1) is 14.6. The van der Waals surface area contributed by atoms with Crippen molar-refractivity contribution in [2.75, 3.05) is 6.79 Å². The van der Waals surface area contributed by atoms with Gasteiger partial charge >= 0.3 is 5.69 Å². The van der Waals surface area contributed by atoms with Gasteiger partial charge in [-0.3, -0.25) is 0 Å². The van der Waals surface area contributed by atoms with Gasteiger partial charge in [-0.25, -0.2) is 9.48 Å². The summed E-state index contributed by atoms with van der Waals surface area (Å²) < 4.78 is 20.8. The Bertz CT molecular complexity index is 1290. The fourth-order valence-electron chi connectivity index (χ4n) is 3.24. The molecule has 1 aliphatic rings. The van der Waals surface area contributed by atoms with Crippen LogP contribution in [-0.2, 0) is 13.7 Å². The van der Waals surface area contributed by atoms with Crippen LogP contribution in [0.3, 0.4) is 0 Å². The zero-order chi connectivity index (χ0) is 20.7. The van der Waals surface area contributed by atoms with Crippen molar-refractivity contribution < 1.29 is 14.2 Å². The highest BCUT2D eigenvalue weighted by Gasteiger charge is 2.16. The molecule has 0 radical (unpaired) electrons. The maximum Gasteiger partial charge on any atom is 0.368 e. The first kappa shape index (κ1) is 18.0. The zero-order valence-electron chi connectivity index (χ0n) is 16.3. The molecule has 2 aromatic heterocycles. The quantitative estimate of drug-likeness (QED) is 0.498. The molecular formula is C20H18N6O4. The number of rotatable bonds is 5. The molecule has 0 atom stereocenters. The molecule has 0 fully saturated rings. The van der Waals surface area contributed by atoms with E-state index in [-0.39, 0.29) is 19.1 Å². The lowest BCUT2D eigenvalue weighted by Gasteiger charge is -2.11. The summed E-state index contributed by atoms with van der Waals surface area (Å²) in [6.45, 7) is 2.40. The third-order valence-electron chi connectivity index (χ3n) is 4.89. The number of aryl methyl sites for hydroxylation is 2. The third-order valence-corrected chi connectivity index (χ3v) is 4.89. The number of hydrogen-bond donors (Lipinski definition) is 0.